The SMILES string of the molecule is Cc1ccc2nc(Oc3cc(Cl)cc(NS(=O)(=O)c4ccc(Cl)cc4Cl)c3)sc2c1. The van der Waals surface area contributed by atoms with Crippen LogP contribution in [0.25, 0.3) is 10.2 Å². The first kappa shape index (κ1) is 21.2. The van der Waals surface area contributed by atoms with Crippen LogP contribution in [0.5, 0.6) is 10.9 Å². The second kappa shape index (κ2) is 8.24. The Balaban J connectivity index is 1.62. The molecule has 1 aromatic heterocycles. The molecule has 0 saturated carbocycles. The van der Waals surface area contributed by atoms with Crippen LogP contribution >= 0.6 is 46.1 Å². The zero-order valence-corrected chi connectivity index (χ0v) is 19.2. The number of nitrogens with zero attached hydrogens (tertiary/aromatic N) is 1. The monoisotopic (exact) mass is 498 g/mol. The van der Waals surface area contributed by atoms with Gasteiger partial charge in [-0.3, -0.25) is 4.72 Å². The molecule has 0 atom stereocenters. The van der Waals surface area contributed by atoms with E-state index in [-0.39, 0.29) is 15.6 Å². The number of sulfonamides is 1. The Morgan fingerprint density at radius 2 is 1.77 bits per heavy atom. The number of nitrogens with one attached hydrogen (secondary N) is 1. The van der Waals surface area contributed by atoms with Crippen molar-refractivity contribution in [1.82, 2.24) is 4.98 Å². The Morgan fingerprint density at radius 1 is 0.967 bits per heavy atom. The van der Waals surface area contributed by atoms with Crippen LogP contribution in [0.3, 0.4) is 0 Å². The van der Waals surface area contributed by atoms with Gasteiger partial charge in [-0.05, 0) is 55.0 Å². The Labute approximate surface area is 192 Å². The number of rotatable bonds is 5. The third-order valence-electron chi connectivity index (χ3n) is 4.04. The van der Waals surface area contributed by atoms with Gasteiger partial charge in [0, 0.05) is 16.1 Å². The van der Waals surface area contributed by atoms with Gasteiger partial charge in [0.25, 0.3) is 15.2 Å². The highest BCUT2D eigenvalue weighted by molar-refractivity contribution is 7.92. The van der Waals surface area contributed by atoms with Crippen LogP contribution in [0, 0.1) is 6.92 Å². The molecule has 0 unspecified atom stereocenters. The summed E-state index contributed by atoms with van der Waals surface area (Å²) in [6.07, 6.45) is 0. The van der Waals surface area contributed by atoms with E-state index in [1.807, 2.05) is 25.1 Å². The molecule has 4 aromatic rings. The maximum atomic E-state index is 12.7. The maximum Gasteiger partial charge on any atom is 0.279 e. The Hall–Kier alpha value is -2.03. The highest BCUT2D eigenvalue weighted by Gasteiger charge is 2.19. The lowest BCUT2D eigenvalue weighted by Crippen LogP contribution is -2.13. The molecule has 30 heavy (non-hydrogen) atoms. The molecular formula is C20H13Cl3N2O3S2. The van der Waals surface area contributed by atoms with E-state index in [9.17, 15) is 8.42 Å². The zero-order valence-electron chi connectivity index (χ0n) is 15.3. The normalized spacial score (nSPS) is 11.6. The van der Waals surface area contributed by atoms with E-state index in [0.29, 0.717) is 21.0 Å². The smallest absolute Gasteiger partial charge is 0.279 e. The van der Waals surface area contributed by atoms with Crippen LogP contribution < -0.4 is 9.46 Å². The van der Waals surface area contributed by atoms with Crippen LogP contribution in [0.1, 0.15) is 5.56 Å². The molecule has 4 rings (SSSR count). The Kier molecular flexibility index (Phi) is 5.83. The van der Waals surface area contributed by atoms with Crippen molar-refractivity contribution in [1.29, 1.82) is 0 Å². The molecule has 10 heteroatoms. The largest absolute Gasteiger partial charge is 0.431 e. The molecule has 5 nitrogen and oxygen atoms in total. The van der Waals surface area contributed by atoms with Gasteiger partial charge in [-0.2, -0.15) is 0 Å². The number of anilines is 1. The second-order valence-corrected chi connectivity index (χ2v) is 10.3. The molecule has 0 aliphatic rings. The van der Waals surface area contributed by atoms with E-state index >= 15 is 0 Å². The Morgan fingerprint density at radius 3 is 2.53 bits per heavy atom. The van der Waals surface area contributed by atoms with E-state index in [4.69, 9.17) is 39.5 Å². The number of aryl methyl sites for hydroxylation is 1. The summed E-state index contributed by atoms with van der Waals surface area (Å²) in [6.45, 7) is 2.00. The topological polar surface area (TPSA) is 68.3 Å². The number of fused-ring (bicyclic) bond motifs is 1. The van der Waals surface area contributed by atoms with E-state index in [0.717, 1.165) is 15.8 Å². The van der Waals surface area contributed by atoms with E-state index in [2.05, 4.69) is 9.71 Å². The lowest BCUT2D eigenvalue weighted by atomic mass is 10.2. The molecule has 0 amide bonds. The predicted molar refractivity (Wildman–Crippen MR) is 123 cm³/mol. The summed E-state index contributed by atoms with van der Waals surface area (Å²) in [5.41, 5.74) is 2.17. The van der Waals surface area contributed by atoms with Crippen molar-refractivity contribution in [3.63, 3.8) is 0 Å². The number of benzene rings is 3. The lowest BCUT2D eigenvalue weighted by molar-refractivity contribution is 0.480. The fourth-order valence-electron chi connectivity index (χ4n) is 2.74. The minimum Gasteiger partial charge on any atom is -0.431 e. The number of ether oxygens (including phenoxy) is 1. The summed E-state index contributed by atoms with van der Waals surface area (Å²) in [5, 5.41) is 1.07. The van der Waals surface area contributed by atoms with Gasteiger partial charge in [-0.15, -0.1) is 0 Å². The molecule has 0 spiro atoms. The average Bonchev–Trinajstić information content (AvgIpc) is 3.01. The highest BCUT2D eigenvalue weighted by atomic mass is 35.5. The number of thiazole rings is 1. The predicted octanol–water partition coefficient (Wildman–Crippen LogP) is 7.16. The summed E-state index contributed by atoms with van der Waals surface area (Å²) in [6, 6.07) is 14.6. The van der Waals surface area contributed by atoms with Crippen molar-refractivity contribution in [3.05, 3.63) is 75.2 Å². The Bertz CT molecular complexity index is 1370. The zero-order chi connectivity index (χ0) is 21.5. The molecule has 0 radical (unpaired) electrons. The molecule has 0 saturated heterocycles. The van der Waals surface area contributed by atoms with E-state index in [1.165, 1.54) is 41.7 Å². The van der Waals surface area contributed by atoms with E-state index in [1.54, 1.807) is 6.07 Å². The van der Waals surface area contributed by atoms with Gasteiger partial charge in [0.1, 0.15) is 10.6 Å². The molecule has 1 heterocycles. The standard InChI is InChI=1S/C20H13Cl3N2O3S2/c1-11-2-4-17-18(6-11)29-20(24-17)28-15-8-13(22)7-14(10-15)25-30(26,27)19-5-3-12(21)9-16(19)23/h2-10,25H,1H3. The lowest BCUT2D eigenvalue weighted by Gasteiger charge is -2.11. The van der Waals surface area contributed by atoms with Crippen molar-refractivity contribution < 1.29 is 13.2 Å². The first-order valence-electron chi connectivity index (χ1n) is 8.53. The van der Waals surface area contributed by atoms with Crippen molar-refractivity contribution in [3.8, 4) is 10.9 Å². The molecule has 0 fully saturated rings. The van der Waals surface area contributed by atoms with Gasteiger partial charge in [-0.1, -0.05) is 52.2 Å². The quantitative estimate of drug-likeness (QED) is 0.316. The first-order chi connectivity index (χ1) is 14.2. The van der Waals surface area contributed by atoms with Gasteiger partial charge in [0.2, 0.25) is 0 Å². The van der Waals surface area contributed by atoms with Gasteiger partial charge in [0.15, 0.2) is 0 Å². The minimum atomic E-state index is -3.96. The van der Waals surface area contributed by atoms with Gasteiger partial charge in [-0.25, -0.2) is 13.4 Å². The highest BCUT2D eigenvalue weighted by Crippen LogP contribution is 2.35. The summed E-state index contributed by atoms with van der Waals surface area (Å²) in [4.78, 5) is 4.34. The molecular weight excluding hydrogens is 487 g/mol. The van der Waals surface area contributed by atoms with Gasteiger partial charge >= 0.3 is 0 Å². The maximum absolute atomic E-state index is 12.7. The van der Waals surface area contributed by atoms with Crippen molar-refractivity contribution in [2.24, 2.45) is 0 Å². The molecule has 0 aliphatic heterocycles. The minimum absolute atomic E-state index is 0.0123. The van der Waals surface area contributed by atoms with Crippen molar-refractivity contribution >= 4 is 72.1 Å². The molecule has 0 bridgehead atoms. The number of halogens is 3. The van der Waals surface area contributed by atoms with Crippen LogP contribution in [-0.2, 0) is 10.0 Å². The number of hydrogen-bond acceptors (Lipinski definition) is 5. The summed E-state index contributed by atoms with van der Waals surface area (Å²) >= 11 is 19.4. The molecule has 3 aromatic carbocycles. The van der Waals surface area contributed by atoms with Crippen LogP contribution in [0.4, 0.5) is 5.69 Å². The molecule has 1 N–H and O–H groups in total. The fraction of sp³-hybridized carbons (Fsp3) is 0.0500. The molecule has 154 valence electrons. The van der Waals surface area contributed by atoms with Crippen LogP contribution in [0.15, 0.2) is 59.5 Å². The summed E-state index contributed by atoms with van der Waals surface area (Å²) < 4.78 is 34.7. The average molecular weight is 500 g/mol. The van der Waals surface area contributed by atoms with Crippen molar-refractivity contribution in [2.45, 2.75) is 11.8 Å². The van der Waals surface area contributed by atoms with Gasteiger partial charge in [0.05, 0.1) is 20.9 Å². The molecule has 0 aliphatic carbocycles. The third-order valence-corrected chi connectivity index (χ3v) is 7.25. The van der Waals surface area contributed by atoms with Crippen LogP contribution in [0.2, 0.25) is 15.1 Å². The number of hydrogen-bond donors (Lipinski definition) is 1. The summed E-state index contributed by atoms with van der Waals surface area (Å²) in [5.74, 6) is 0.346. The summed E-state index contributed by atoms with van der Waals surface area (Å²) in [7, 11) is -3.96. The van der Waals surface area contributed by atoms with Crippen molar-refractivity contribution in [2.75, 3.05) is 4.72 Å². The second-order valence-electron chi connectivity index (χ2n) is 6.41. The van der Waals surface area contributed by atoms with Gasteiger partial charge < -0.3 is 4.74 Å². The first-order valence-corrected chi connectivity index (χ1v) is 12.0. The van der Waals surface area contributed by atoms with E-state index < -0.39 is 10.0 Å². The number of aromatic nitrogens is 1. The fourth-order valence-corrected chi connectivity index (χ4v) is 5.71. The van der Waals surface area contributed by atoms with Crippen LogP contribution in [-0.4, -0.2) is 13.4 Å². The third kappa shape index (κ3) is 4.66.